The van der Waals surface area contributed by atoms with Crippen molar-refractivity contribution < 1.29 is 9.90 Å². The van der Waals surface area contributed by atoms with Gasteiger partial charge in [0.2, 0.25) is 5.95 Å². The number of carbonyl (C=O) groups is 1. The van der Waals surface area contributed by atoms with Gasteiger partial charge in [-0.05, 0) is 25.3 Å². The molecule has 0 atom stereocenters. The summed E-state index contributed by atoms with van der Waals surface area (Å²) >= 11 is 0. The molecule has 1 aromatic heterocycles. The molecule has 5 nitrogen and oxygen atoms in total. The van der Waals surface area contributed by atoms with E-state index in [0.29, 0.717) is 12.0 Å². The van der Waals surface area contributed by atoms with Crippen LogP contribution in [0.15, 0.2) is 12.4 Å². The third-order valence-corrected chi connectivity index (χ3v) is 2.32. The molecule has 0 bridgehead atoms. The van der Waals surface area contributed by atoms with Crippen LogP contribution < -0.4 is 4.90 Å². The van der Waals surface area contributed by atoms with Crippen molar-refractivity contribution in [2.24, 2.45) is 0 Å². The Morgan fingerprint density at radius 1 is 1.53 bits per heavy atom. The summed E-state index contributed by atoms with van der Waals surface area (Å²) in [5.74, 6) is -0.323. The second-order valence-electron chi connectivity index (χ2n) is 3.81. The van der Waals surface area contributed by atoms with Gasteiger partial charge in [-0.3, -0.25) is 4.79 Å². The molecule has 15 heavy (non-hydrogen) atoms. The summed E-state index contributed by atoms with van der Waals surface area (Å²) in [7, 11) is 0. The van der Waals surface area contributed by atoms with Crippen LogP contribution in [0.1, 0.15) is 18.4 Å². The Morgan fingerprint density at radius 2 is 2.13 bits per heavy atom. The lowest BCUT2D eigenvalue weighted by molar-refractivity contribution is -0.135. The van der Waals surface area contributed by atoms with Gasteiger partial charge in [-0.1, -0.05) is 0 Å². The van der Waals surface area contributed by atoms with E-state index in [-0.39, 0.29) is 6.54 Å². The average molecular weight is 207 g/mol. The Morgan fingerprint density at radius 3 is 2.60 bits per heavy atom. The minimum absolute atomic E-state index is 0.0201. The fraction of sp³-hybridized carbons (Fsp3) is 0.500. The van der Waals surface area contributed by atoms with Gasteiger partial charge >= 0.3 is 5.97 Å². The number of carboxylic acid groups (broad SMARTS) is 1. The van der Waals surface area contributed by atoms with Gasteiger partial charge in [-0.2, -0.15) is 0 Å². The first kappa shape index (κ1) is 9.89. The van der Waals surface area contributed by atoms with Gasteiger partial charge in [0, 0.05) is 18.4 Å². The molecule has 0 unspecified atom stereocenters. The zero-order chi connectivity index (χ0) is 10.8. The summed E-state index contributed by atoms with van der Waals surface area (Å²) in [5, 5.41) is 8.78. The second kappa shape index (κ2) is 3.84. The summed E-state index contributed by atoms with van der Waals surface area (Å²) in [6.07, 6.45) is 5.48. The highest BCUT2D eigenvalue weighted by atomic mass is 16.4. The molecular weight excluding hydrogens is 194 g/mol. The summed E-state index contributed by atoms with van der Waals surface area (Å²) < 4.78 is 0. The number of carboxylic acids is 1. The first-order valence-corrected chi connectivity index (χ1v) is 4.94. The van der Waals surface area contributed by atoms with Crippen LogP contribution in [0.25, 0.3) is 0 Å². The predicted molar refractivity (Wildman–Crippen MR) is 54.8 cm³/mol. The summed E-state index contributed by atoms with van der Waals surface area (Å²) in [6.45, 7) is 1.89. The molecule has 0 saturated heterocycles. The molecule has 0 aliphatic heterocycles. The van der Waals surface area contributed by atoms with Crippen molar-refractivity contribution in [3.05, 3.63) is 18.0 Å². The fourth-order valence-electron chi connectivity index (χ4n) is 1.43. The van der Waals surface area contributed by atoms with Gasteiger partial charge in [0.05, 0.1) is 0 Å². The van der Waals surface area contributed by atoms with Crippen molar-refractivity contribution in [3.8, 4) is 0 Å². The van der Waals surface area contributed by atoms with Crippen molar-refractivity contribution in [1.82, 2.24) is 9.97 Å². The zero-order valence-corrected chi connectivity index (χ0v) is 8.55. The molecule has 0 aromatic carbocycles. The Balaban J connectivity index is 2.16. The molecule has 0 spiro atoms. The smallest absolute Gasteiger partial charge is 0.323 e. The minimum atomic E-state index is -0.842. The summed E-state index contributed by atoms with van der Waals surface area (Å²) in [4.78, 5) is 20.7. The molecular formula is C10H13N3O2. The fourth-order valence-corrected chi connectivity index (χ4v) is 1.43. The number of aryl methyl sites for hydroxylation is 1. The third-order valence-electron chi connectivity index (χ3n) is 2.32. The zero-order valence-electron chi connectivity index (χ0n) is 8.55. The number of anilines is 1. The maximum atomic E-state index is 10.7. The van der Waals surface area contributed by atoms with Crippen molar-refractivity contribution in [3.63, 3.8) is 0 Å². The second-order valence-corrected chi connectivity index (χ2v) is 3.81. The van der Waals surface area contributed by atoms with Gasteiger partial charge in [-0.25, -0.2) is 9.97 Å². The highest BCUT2D eigenvalue weighted by molar-refractivity contribution is 5.73. The van der Waals surface area contributed by atoms with Crippen LogP contribution in [0.4, 0.5) is 5.95 Å². The number of nitrogens with zero attached hydrogens (tertiary/aromatic N) is 3. The lowest BCUT2D eigenvalue weighted by Crippen LogP contribution is -2.33. The standard InChI is InChI=1S/C10H13N3O2/c1-7-4-11-10(12-5-7)13(6-9(14)15)8-2-3-8/h4-5,8H,2-3,6H2,1H3,(H,14,15). The van der Waals surface area contributed by atoms with Crippen LogP contribution in [0.3, 0.4) is 0 Å². The van der Waals surface area contributed by atoms with Crippen molar-refractivity contribution in [2.75, 3.05) is 11.4 Å². The minimum Gasteiger partial charge on any atom is -0.480 e. The highest BCUT2D eigenvalue weighted by Crippen LogP contribution is 2.29. The first-order valence-electron chi connectivity index (χ1n) is 4.94. The van der Waals surface area contributed by atoms with E-state index >= 15 is 0 Å². The van der Waals surface area contributed by atoms with E-state index in [9.17, 15) is 4.79 Å². The van der Waals surface area contributed by atoms with E-state index in [1.807, 2.05) is 6.92 Å². The van der Waals surface area contributed by atoms with Crippen molar-refractivity contribution in [1.29, 1.82) is 0 Å². The third kappa shape index (κ3) is 2.43. The molecule has 1 fully saturated rings. The Hall–Kier alpha value is -1.65. The molecule has 1 aliphatic rings. The molecule has 1 saturated carbocycles. The lowest BCUT2D eigenvalue weighted by Gasteiger charge is -2.19. The average Bonchev–Trinajstić information content (AvgIpc) is 2.99. The van der Waals surface area contributed by atoms with Crippen LogP contribution in [0, 0.1) is 6.92 Å². The van der Waals surface area contributed by atoms with Crippen LogP contribution in [-0.2, 0) is 4.79 Å². The first-order chi connectivity index (χ1) is 7.16. The SMILES string of the molecule is Cc1cnc(N(CC(=O)O)C2CC2)nc1. The molecule has 1 aromatic rings. The number of aliphatic carboxylic acids is 1. The molecule has 1 heterocycles. The Bertz CT molecular complexity index is 359. The van der Waals surface area contributed by atoms with Gasteiger partial charge in [0.1, 0.15) is 6.54 Å². The van der Waals surface area contributed by atoms with Gasteiger partial charge in [0.25, 0.3) is 0 Å². The maximum absolute atomic E-state index is 10.7. The van der Waals surface area contributed by atoms with E-state index < -0.39 is 5.97 Å². The number of hydrogen-bond acceptors (Lipinski definition) is 4. The highest BCUT2D eigenvalue weighted by Gasteiger charge is 2.31. The lowest BCUT2D eigenvalue weighted by atomic mass is 10.4. The van der Waals surface area contributed by atoms with E-state index in [4.69, 9.17) is 5.11 Å². The molecule has 2 rings (SSSR count). The largest absolute Gasteiger partial charge is 0.480 e. The normalized spacial score (nSPS) is 15.0. The maximum Gasteiger partial charge on any atom is 0.323 e. The number of rotatable bonds is 4. The molecule has 5 heteroatoms. The molecule has 0 amide bonds. The van der Waals surface area contributed by atoms with Crippen LogP contribution in [0.2, 0.25) is 0 Å². The van der Waals surface area contributed by atoms with Gasteiger partial charge < -0.3 is 10.0 Å². The topological polar surface area (TPSA) is 66.3 Å². The van der Waals surface area contributed by atoms with Crippen LogP contribution >= 0.6 is 0 Å². The number of aromatic nitrogens is 2. The van der Waals surface area contributed by atoms with Crippen molar-refractivity contribution in [2.45, 2.75) is 25.8 Å². The monoisotopic (exact) mass is 207 g/mol. The molecule has 80 valence electrons. The van der Waals surface area contributed by atoms with Crippen LogP contribution in [-0.4, -0.2) is 33.6 Å². The quantitative estimate of drug-likeness (QED) is 0.792. The number of hydrogen-bond donors (Lipinski definition) is 1. The van der Waals surface area contributed by atoms with Crippen molar-refractivity contribution >= 4 is 11.9 Å². The Labute approximate surface area is 87.8 Å². The van der Waals surface area contributed by atoms with E-state index in [0.717, 1.165) is 18.4 Å². The molecule has 1 aliphatic carbocycles. The van der Waals surface area contributed by atoms with E-state index in [1.54, 1.807) is 17.3 Å². The van der Waals surface area contributed by atoms with Gasteiger partial charge in [0.15, 0.2) is 0 Å². The predicted octanol–water partition coefficient (Wildman–Crippen LogP) is 0.838. The van der Waals surface area contributed by atoms with E-state index in [2.05, 4.69) is 9.97 Å². The Kier molecular flexibility index (Phi) is 2.53. The molecule has 0 radical (unpaired) electrons. The van der Waals surface area contributed by atoms with Crippen LogP contribution in [0.5, 0.6) is 0 Å². The summed E-state index contributed by atoms with van der Waals surface area (Å²) in [5.41, 5.74) is 0.977. The van der Waals surface area contributed by atoms with E-state index in [1.165, 1.54) is 0 Å². The summed E-state index contributed by atoms with van der Waals surface area (Å²) in [6, 6.07) is 0.309. The molecule has 1 N–H and O–H groups in total. The van der Waals surface area contributed by atoms with Gasteiger partial charge in [-0.15, -0.1) is 0 Å².